The lowest BCUT2D eigenvalue weighted by Crippen LogP contribution is -2.51. The molecule has 5 unspecified atom stereocenters. The van der Waals surface area contributed by atoms with Crippen LogP contribution in [-0.2, 0) is 49.6 Å². The molecule has 5 atom stereocenters. The van der Waals surface area contributed by atoms with Crippen molar-refractivity contribution in [1.82, 2.24) is 0 Å². The number of fused-ring (bicyclic) bond motifs is 1. The molecule has 6 bridgehead atoms. The third kappa shape index (κ3) is 7.19. The zero-order valence-corrected chi connectivity index (χ0v) is 32.2. The van der Waals surface area contributed by atoms with E-state index in [-0.39, 0.29) is 34.1 Å². The van der Waals surface area contributed by atoms with Crippen LogP contribution in [0.5, 0.6) is 5.75 Å². The SMILES string of the molecule is Cc1cc([S+](c2ccccc2)c2ccccc2)cc(C)c1OC(=O)C12CC3CC(CC(C3)C1)C2.O=C(CS(=O)(=O)[O-])OC1C2CC3C1OS(=O)(=O)C3C2. The predicted molar refractivity (Wildman–Crippen MR) is 195 cm³/mol. The molecule has 6 aliphatic carbocycles. The summed E-state index contributed by atoms with van der Waals surface area (Å²) in [5.41, 5.74) is 1.87. The number of ether oxygens (including phenoxy) is 2. The summed E-state index contributed by atoms with van der Waals surface area (Å²) < 4.78 is 70.8. The van der Waals surface area contributed by atoms with E-state index in [2.05, 4.69) is 86.6 Å². The molecule has 0 amide bonds. The van der Waals surface area contributed by atoms with Gasteiger partial charge in [0.2, 0.25) is 0 Å². The van der Waals surface area contributed by atoms with Gasteiger partial charge in [0.25, 0.3) is 10.1 Å². The van der Waals surface area contributed by atoms with Crippen LogP contribution in [0.3, 0.4) is 0 Å². The van der Waals surface area contributed by atoms with E-state index in [4.69, 9.17) is 13.7 Å². The summed E-state index contributed by atoms with van der Waals surface area (Å²) in [6, 6.07) is 25.9. The fourth-order valence-electron chi connectivity index (χ4n) is 10.6. The van der Waals surface area contributed by atoms with Crippen molar-refractivity contribution in [1.29, 1.82) is 0 Å². The van der Waals surface area contributed by atoms with Crippen molar-refractivity contribution >= 4 is 43.1 Å². The van der Waals surface area contributed by atoms with Gasteiger partial charge in [0, 0.05) is 24.0 Å². The largest absolute Gasteiger partial charge is 0.748 e. The molecule has 3 aromatic carbocycles. The maximum atomic E-state index is 13.6. The summed E-state index contributed by atoms with van der Waals surface area (Å²) >= 11 is 0. The minimum absolute atomic E-state index is 0.0377. The summed E-state index contributed by atoms with van der Waals surface area (Å²) in [4.78, 5) is 28.8. The quantitative estimate of drug-likeness (QED) is 0.0862. The molecule has 3 aromatic rings. The molecular weight excluding hydrogens is 737 g/mol. The molecule has 7 aliphatic rings. The highest BCUT2D eigenvalue weighted by Gasteiger charge is 2.65. The Morgan fingerprint density at radius 2 is 1.36 bits per heavy atom. The van der Waals surface area contributed by atoms with Crippen LogP contribution in [0.25, 0.3) is 0 Å². The molecule has 1 heterocycles. The highest BCUT2D eigenvalue weighted by Crippen LogP contribution is 2.60. The normalized spacial score (nSPS) is 32.7. The smallest absolute Gasteiger partial charge is 0.320 e. The lowest BCUT2D eigenvalue weighted by atomic mass is 9.49. The molecule has 1 saturated heterocycles. The minimum Gasteiger partial charge on any atom is -0.748 e. The van der Waals surface area contributed by atoms with E-state index in [0.717, 1.165) is 53.9 Å². The van der Waals surface area contributed by atoms with Crippen molar-refractivity contribution in [2.45, 2.75) is 97.4 Å². The number of aryl methyl sites for hydroxylation is 2. The molecule has 1 aliphatic heterocycles. The minimum atomic E-state index is -4.70. The summed E-state index contributed by atoms with van der Waals surface area (Å²) in [6.45, 7) is 4.19. The van der Waals surface area contributed by atoms with Crippen molar-refractivity contribution in [2.75, 3.05) is 5.75 Å². The first-order valence-electron chi connectivity index (χ1n) is 18.4. The lowest BCUT2D eigenvalue weighted by molar-refractivity contribution is -0.161. The highest BCUT2D eigenvalue weighted by atomic mass is 32.2. The molecule has 53 heavy (non-hydrogen) atoms. The number of hydrogen-bond donors (Lipinski definition) is 0. The summed E-state index contributed by atoms with van der Waals surface area (Å²) in [7, 11) is -8.51. The Balaban J connectivity index is 0.000000178. The molecule has 10 rings (SSSR count). The number of hydrogen-bond acceptors (Lipinski definition) is 10. The van der Waals surface area contributed by atoms with Crippen molar-refractivity contribution in [3.05, 3.63) is 83.9 Å². The van der Waals surface area contributed by atoms with E-state index >= 15 is 0 Å². The van der Waals surface area contributed by atoms with Gasteiger partial charge in [-0.3, -0.25) is 13.8 Å². The molecule has 0 radical (unpaired) electrons. The maximum Gasteiger partial charge on any atom is 0.320 e. The molecule has 0 spiro atoms. The lowest BCUT2D eigenvalue weighted by Gasteiger charge is -2.55. The van der Waals surface area contributed by atoms with Crippen LogP contribution in [0.4, 0.5) is 0 Å². The second-order valence-corrected chi connectivity index (χ2v) is 21.3. The zero-order chi connectivity index (χ0) is 37.3. The first-order chi connectivity index (χ1) is 25.2. The van der Waals surface area contributed by atoms with Crippen LogP contribution < -0.4 is 4.74 Å². The summed E-state index contributed by atoms with van der Waals surface area (Å²) in [5, 5.41) is -0.541. The molecule has 0 N–H and O–H groups in total. The van der Waals surface area contributed by atoms with Crippen molar-refractivity contribution in [3.8, 4) is 5.75 Å². The Bertz CT molecular complexity index is 2020. The van der Waals surface area contributed by atoms with Gasteiger partial charge in [-0.25, -0.2) is 8.42 Å². The van der Waals surface area contributed by atoms with Crippen molar-refractivity contribution in [2.24, 2.45) is 35.0 Å². The van der Waals surface area contributed by atoms with Gasteiger partial charge >= 0.3 is 11.9 Å². The van der Waals surface area contributed by atoms with E-state index in [1.807, 2.05) is 0 Å². The first-order valence-corrected chi connectivity index (χ1v) is 22.7. The van der Waals surface area contributed by atoms with Gasteiger partial charge in [0.05, 0.1) is 21.6 Å². The van der Waals surface area contributed by atoms with Gasteiger partial charge in [-0.15, -0.1) is 0 Å². The molecule has 0 aromatic heterocycles. The third-order valence-corrected chi connectivity index (χ3v) is 16.8. The number of esters is 2. The fraction of sp³-hybridized carbons (Fsp3) is 0.500. The van der Waals surface area contributed by atoms with Crippen molar-refractivity contribution < 1.29 is 44.6 Å². The van der Waals surface area contributed by atoms with Crippen LogP contribution in [0.2, 0.25) is 0 Å². The molecule has 10 nitrogen and oxygen atoms in total. The second kappa shape index (κ2) is 13.8. The average molecular weight is 781 g/mol. The maximum absolute atomic E-state index is 13.6. The van der Waals surface area contributed by atoms with Crippen LogP contribution in [0, 0.1) is 48.9 Å². The Morgan fingerprint density at radius 3 is 1.87 bits per heavy atom. The molecule has 282 valence electrons. The molecule has 13 heteroatoms. The van der Waals surface area contributed by atoms with Gasteiger partial charge in [0.15, 0.2) is 14.7 Å². The number of benzene rings is 3. The number of carbonyl (C=O) groups excluding carboxylic acids is 2. The van der Waals surface area contributed by atoms with E-state index in [0.29, 0.717) is 12.8 Å². The topological polar surface area (TPSA) is 153 Å². The monoisotopic (exact) mass is 780 g/mol. The van der Waals surface area contributed by atoms with Gasteiger partial charge in [-0.1, -0.05) is 36.4 Å². The second-order valence-electron chi connectivity index (χ2n) is 16.0. The predicted octanol–water partition coefficient (Wildman–Crippen LogP) is 6.10. The summed E-state index contributed by atoms with van der Waals surface area (Å²) in [5.74, 6) is 0.282. The Labute approximate surface area is 314 Å². The first kappa shape index (κ1) is 36.7. The van der Waals surface area contributed by atoms with Gasteiger partial charge in [-0.05, 0) is 118 Å². The Hall–Kier alpha value is -3.23. The Kier molecular flexibility index (Phi) is 9.57. The van der Waals surface area contributed by atoms with Crippen LogP contribution in [0.1, 0.15) is 62.5 Å². The van der Waals surface area contributed by atoms with Gasteiger partial charge in [-0.2, -0.15) is 8.42 Å². The van der Waals surface area contributed by atoms with Crippen molar-refractivity contribution in [3.63, 3.8) is 0 Å². The number of carbonyl (C=O) groups is 2. The summed E-state index contributed by atoms with van der Waals surface area (Å²) in [6.07, 6.45) is 6.56. The van der Waals surface area contributed by atoms with Crippen LogP contribution >= 0.6 is 0 Å². The third-order valence-electron chi connectivity index (χ3n) is 12.3. The fourth-order valence-corrected chi connectivity index (χ4v) is 15.1. The van der Waals surface area contributed by atoms with Gasteiger partial charge in [0.1, 0.15) is 33.8 Å². The van der Waals surface area contributed by atoms with Gasteiger partial charge < -0.3 is 14.0 Å². The molecule has 6 saturated carbocycles. The van der Waals surface area contributed by atoms with E-state index in [1.165, 1.54) is 33.9 Å². The zero-order valence-electron chi connectivity index (χ0n) is 29.7. The molecular formula is C40H44O10S3. The van der Waals surface area contributed by atoms with E-state index < -0.39 is 49.4 Å². The van der Waals surface area contributed by atoms with Crippen LogP contribution in [0.15, 0.2) is 87.5 Å². The average Bonchev–Trinajstić information content (AvgIpc) is 3.71. The Morgan fingerprint density at radius 1 is 0.830 bits per heavy atom. The number of rotatable bonds is 8. The van der Waals surface area contributed by atoms with E-state index in [9.17, 15) is 31.0 Å². The molecule has 7 fully saturated rings. The van der Waals surface area contributed by atoms with Crippen LogP contribution in [-0.4, -0.2) is 56.5 Å². The van der Waals surface area contributed by atoms with E-state index in [1.54, 1.807) is 0 Å². The highest BCUT2D eigenvalue weighted by molar-refractivity contribution is 7.97. The standard InChI is InChI=1S/C31H33O2S.C9H12O8S2/c1-21-13-28(34(26-9-5-3-6-10-26)27-11-7-4-8-12-27)14-22(2)29(21)33-30(32)31-18-23-15-24(19-31)17-25(16-23)20-31;10-7(3-18(11,12)13)16-8-4-1-5-6(2-4)19(14,15)17-9(5)8/h3-14,23-25H,15-20H2,1-2H3;4-6,8-9H,1-3H2,(H,11,12,13)/q+1;/p-1.